The second-order valence-corrected chi connectivity index (χ2v) is 4.05. The number of amides is 2. The highest BCUT2D eigenvalue weighted by Gasteiger charge is 2.44. The highest BCUT2D eigenvalue weighted by Crippen LogP contribution is 2.27. The molecule has 2 rings (SSSR count). The minimum absolute atomic E-state index is 0.177. The van der Waals surface area contributed by atoms with Crippen molar-refractivity contribution in [1.82, 2.24) is 9.88 Å². The van der Waals surface area contributed by atoms with Crippen molar-refractivity contribution in [3.63, 3.8) is 0 Å². The zero-order valence-corrected chi connectivity index (χ0v) is 9.02. The molecule has 16 heavy (non-hydrogen) atoms. The Balaban J connectivity index is 2.56. The third-order valence-electron chi connectivity index (χ3n) is 2.56. The third-order valence-corrected chi connectivity index (χ3v) is 2.56. The summed E-state index contributed by atoms with van der Waals surface area (Å²) in [4.78, 5) is 28.9. The smallest absolute Gasteiger partial charge is 0.268 e. The molecule has 1 aliphatic rings. The van der Waals surface area contributed by atoms with Crippen LogP contribution in [0.2, 0.25) is 0 Å². The van der Waals surface area contributed by atoms with E-state index in [1.54, 1.807) is 26.0 Å². The van der Waals surface area contributed by atoms with Crippen molar-refractivity contribution in [3.8, 4) is 12.3 Å². The maximum Gasteiger partial charge on any atom is 0.281 e. The van der Waals surface area contributed by atoms with Crippen LogP contribution in [0.5, 0.6) is 0 Å². The largest absolute Gasteiger partial charge is 0.281 e. The van der Waals surface area contributed by atoms with Crippen LogP contribution in [-0.4, -0.2) is 27.2 Å². The maximum atomic E-state index is 12.0. The van der Waals surface area contributed by atoms with Crippen LogP contribution >= 0.6 is 0 Å². The summed E-state index contributed by atoms with van der Waals surface area (Å²) in [6.07, 6.45) is 6.81. The Labute approximate surface area is 93.3 Å². The minimum Gasteiger partial charge on any atom is -0.268 e. The van der Waals surface area contributed by atoms with Gasteiger partial charge in [0.2, 0.25) is 0 Å². The van der Waals surface area contributed by atoms with E-state index in [4.69, 9.17) is 6.42 Å². The summed E-state index contributed by atoms with van der Waals surface area (Å²) in [5.74, 6) is 1.63. The summed E-state index contributed by atoms with van der Waals surface area (Å²) in [6, 6.07) is 3.20. The van der Waals surface area contributed by atoms with Gasteiger partial charge in [-0.1, -0.05) is 5.92 Å². The maximum absolute atomic E-state index is 12.0. The molecular weight excluding hydrogens is 204 g/mol. The average molecular weight is 214 g/mol. The van der Waals surface area contributed by atoms with Gasteiger partial charge in [-0.25, -0.2) is 0 Å². The molecule has 2 amide bonds. The fourth-order valence-electron chi connectivity index (χ4n) is 1.64. The minimum atomic E-state index is -0.936. The van der Waals surface area contributed by atoms with Gasteiger partial charge in [0.1, 0.15) is 11.2 Å². The number of terminal acetylenes is 1. The number of pyridine rings is 1. The van der Waals surface area contributed by atoms with Gasteiger partial charge in [-0.05, 0) is 26.0 Å². The van der Waals surface area contributed by atoms with E-state index < -0.39 is 11.4 Å². The molecule has 0 fully saturated rings. The van der Waals surface area contributed by atoms with Gasteiger partial charge in [0.25, 0.3) is 11.8 Å². The van der Waals surface area contributed by atoms with Gasteiger partial charge in [0, 0.05) is 6.20 Å². The molecule has 4 nitrogen and oxygen atoms in total. The number of hydrogen-bond acceptors (Lipinski definition) is 3. The van der Waals surface area contributed by atoms with Crippen LogP contribution in [0.3, 0.4) is 0 Å². The number of imide groups is 1. The van der Waals surface area contributed by atoms with Gasteiger partial charge in [-0.3, -0.25) is 19.5 Å². The molecule has 0 spiro atoms. The van der Waals surface area contributed by atoms with Crippen molar-refractivity contribution < 1.29 is 9.59 Å². The highest BCUT2D eigenvalue weighted by atomic mass is 16.2. The highest BCUT2D eigenvalue weighted by molar-refractivity contribution is 6.21. The molecular formula is C12H10N2O2. The quantitative estimate of drug-likeness (QED) is 0.519. The van der Waals surface area contributed by atoms with Gasteiger partial charge < -0.3 is 0 Å². The van der Waals surface area contributed by atoms with Crippen molar-refractivity contribution >= 4 is 11.8 Å². The second-order valence-electron chi connectivity index (χ2n) is 4.05. The molecule has 0 saturated heterocycles. The number of fused-ring (bicyclic) bond motifs is 1. The lowest BCUT2D eigenvalue weighted by atomic mass is 10.0. The van der Waals surface area contributed by atoms with E-state index in [1.165, 1.54) is 6.20 Å². The first-order chi connectivity index (χ1) is 7.49. The average Bonchev–Trinajstić information content (AvgIpc) is 2.53. The fraction of sp³-hybridized carbons (Fsp3) is 0.250. The lowest BCUT2D eigenvalue weighted by Gasteiger charge is -2.28. The lowest BCUT2D eigenvalue weighted by molar-refractivity contribution is 0.0550. The van der Waals surface area contributed by atoms with Gasteiger partial charge >= 0.3 is 0 Å². The summed E-state index contributed by atoms with van der Waals surface area (Å²) >= 11 is 0. The lowest BCUT2D eigenvalue weighted by Crippen LogP contribution is -2.46. The van der Waals surface area contributed by atoms with E-state index >= 15 is 0 Å². The molecule has 0 aromatic carbocycles. The van der Waals surface area contributed by atoms with Crippen molar-refractivity contribution in [2.45, 2.75) is 19.4 Å². The van der Waals surface area contributed by atoms with Crippen LogP contribution < -0.4 is 0 Å². The van der Waals surface area contributed by atoms with Gasteiger partial charge in [-0.15, -0.1) is 6.42 Å². The van der Waals surface area contributed by atoms with Crippen LogP contribution in [0.15, 0.2) is 18.3 Å². The molecule has 0 atom stereocenters. The Morgan fingerprint density at radius 3 is 2.62 bits per heavy atom. The van der Waals surface area contributed by atoms with Crippen molar-refractivity contribution in [2.24, 2.45) is 0 Å². The molecule has 0 bridgehead atoms. The topological polar surface area (TPSA) is 50.3 Å². The standard InChI is InChI=1S/C12H10N2O2/c1-4-12(2,3)14-10(15)8-6-5-7-13-9(8)11(14)16/h1,5-7H,2-3H3. The Bertz CT molecular complexity index is 491. The Kier molecular flexibility index (Phi) is 2.06. The summed E-state index contributed by atoms with van der Waals surface area (Å²) < 4.78 is 0. The fourth-order valence-corrected chi connectivity index (χ4v) is 1.64. The van der Waals surface area contributed by atoms with E-state index in [1.807, 2.05) is 0 Å². The molecule has 1 aliphatic heterocycles. The normalized spacial score (nSPS) is 14.9. The van der Waals surface area contributed by atoms with E-state index in [2.05, 4.69) is 10.9 Å². The van der Waals surface area contributed by atoms with Crippen LogP contribution in [0.4, 0.5) is 0 Å². The number of nitrogens with zero attached hydrogens (tertiary/aromatic N) is 2. The molecule has 80 valence electrons. The van der Waals surface area contributed by atoms with E-state index in [0.717, 1.165) is 4.90 Å². The molecule has 0 saturated carbocycles. The molecule has 4 heteroatoms. The monoisotopic (exact) mass is 214 g/mol. The van der Waals surface area contributed by atoms with Crippen LogP contribution in [0.1, 0.15) is 34.7 Å². The summed E-state index contributed by atoms with van der Waals surface area (Å²) in [6.45, 7) is 3.30. The Morgan fingerprint density at radius 2 is 2.06 bits per heavy atom. The number of rotatable bonds is 1. The van der Waals surface area contributed by atoms with E-state index in [-0.39, 0.29) is 11.6 Å². The predicted molar refractivity (Wildman–Crippen MR) is 57.6 cm³/mol. The first-order valence-corrected chi connectivity index (χ1v) is 4.80. The Hall–Kier alpha value is -2.15. The van der Waals surface area contributed by atoms with Crippen LogP contribution in [-0.2, 0) is 0 Å². The van der Waals surface area contributed by atoms with Gasteiger partial charge in [0.15, 0.2) is 0 Å². The molecule has 0 radical (unpaired) electrons. The Morgan fingerprint density at radius 1 is 1.38 bits per heavy atom. The second kappa shape index (κ2) is 3.17. The van der Waals surface area contributed by atoms with E-state index in [9.17, 15) is 9.59 Å². The number of carbonyl (C=O) groups excluding carboxylic acids is 2. The summed E-state index contributed by atoms with van der Waals surface area (Å²) in [5, 5.41) is 0. The summed E-state index contributed by atoms with van der Waals surface area (Å²) in [7, 11) is 0. The molecule has 2 heterocycles. The van der Waals surface area contributed by atoms with Crippen molar-refractivity contribution in [3.05, 3.63) is 29.6 Å². The van der Waals surface area contributed by atoms with Crippen molar-refractivity contribution in [1.29, 1.82) is 0 Å². The molecule has 1 aromatic rings. The SMILES string of the molecule is C#CC(C)(C)N1C(=O)c2cccnc2C1=O. The zero-order chi connectivity index (χ0) is 11.9. The number of aromatic nitrogens is 1. The van der Waals surface area contributed by atoms with E-state index in [0.29, 0.717) is 5.56 Å². The van der Waals surface area contributed by atoms with Gasteiger partial charge in [-0.2, -0.15) is 0 Å². The van der Waals surface area contributed by atoms with Crippen molar-refractivity contribution in [2.75, 3.05) is 0 Å². The summed E-state index contributed by atoms with van der Waals surface area (Å²) in [5.41, 5.74) is -0.443. The van der Waals surface area contributed by atoms with Gasteiger partial charge in [0.05, 0.1) is 5.56 Å². The third kappa shape index (κ3) is 1.22. The van der Waals surface area contributed by atoms with Crippen LogP contribution in [0, 0.1) is 12.3 Å². The predicted octanol–water partition coefficient (Wildman–Crippen LogP) is 1.09. The van der Waals surface area contributed by atoms with Crippen LogP contribution in [0.25, 0.3) is 0 Å². The molecule has 0 aliphatic carbocycles. The number of carbonyl (C=O) groups is 2. The number of hydrogen-bond donors (Lipinski definition) is 0. The zero-order valence-electron chi connectivity index (χ0n) is 9.02. The first kappa shape index (κ1) is 10.4. The molecule has 0 N–H and O–H groups in total. The first-order valence-electron chi connectivity index (χ1n) is 4.80. The molecule has 1 aromatic heterocycles. The molecule has 0 unspecified atom stereocenters.